The third-order valence-electron chi connectivity index (χ3n) is 2.57. The monoisotopic (exact) mass is 322 g/mol. The molecule has 0 N–H and O–H groups in total. The first-order valence-electron chi connectivity index (χ1n) is 4.89. The third-order valence-corrected chi connectivity index (χ3v) is 3.24. The van der Waals surface area contributed by atoms with Crippen LogP contribution in [0.3, 0.4) is 0 Å². The van der Waals surface area contributed by atoms with E-state index < -0.39 is 0 Å². The van der Waals surface area contributed by atoms with Gasteiger partial charge in [0.2, 0.25) is 0 Å². The van der Waals surface area contributed by atoms with Crippen LogP contribution in [0.15, 0.2) is 36.5 Å². The maximum Gasteiger partial charge on any atom is 0.141 e. The van der Waals surface area contributed by atoms with Gasteiger partial charge in [-0.2, -0.15) is 0 Å². The quantitative estimate of drug-likeness (QED) is 0.644. The van der Waals surface area contributed by atoms with Crippen LogP contribution >= 0.6 is 22.6 Å². The Hall–Kier alpha value is -1.30. The Labute approximate surface area is 106 Å². The maximum atomic E-state index is 5.19. The van der Waals surface area contributed by atoms with Crippen molar-refractivity contribution in [3.63, 3.8) is 0 Å². The van der Waals surface area contributed by atoms with Crippen LogP contribution in [-0.4, -0.2) is 16.5 Å². The van der Waals surface area contributed by atoms with Gasteiger partial charge in [-0.15, -0.1) is 0 Å². The molecule has 0 saturated carbocycles. The van der Waals surface area contributed by atoms with Crippen LogP contribution < -0.4 is 4.74 Å². The van der Waals surface area contributed by atoms with Crippen molar-refractivity contribution >= 4 is 39.3 Å². The van der Waals surface area contributed by atoms with E-state index in [2.05, 4.69) is 50.2 Å². The van der Waals surface area contributed by atoms with Gasteiger partial charge in [0.05, 0.1) is 18.1 Å². The van der Waals surface area contributed by atoms with Crippen molar-refractivity contribution in [3.05, 3.63) is 40.1 Å². The molecular weight excluding hydrogens is 313 g/mol. The topological polar surface area (TPSA) is 26.5 Å². The highest BCUT2D eigenvalue weighted by molar-refractivity contribution is 14.1. The summed E-state index contributed by atoms with van der Waals surface area (Å²) >= 11 is 2.29. The van der Waals surface area contributed by atoms with E-state index in [1.165, 1.54) is 3.57 Å². The van der Waals surface area contributed by atoms with Gasteiger partial charge in [-0.25, -0.2) is 4.98 Å². The predicted octanol–water partition coefficient (Wildman–Crippen LogP) is 3.10. The Balaban J connectivity index is 2.40. The van der Waals surface area contributed by atoms with Crippen LogP contribution in [0.1, 0.15) is 0 Å². The molecule has 4 heteroatoms. The van der Waals surface area contributed by atoms with Crippen LogP contribution in [0.25, 0.3) is 16.7 Å². The van der Waals surface area contributed by atoms with Crippen molar-refractivity contribution in [3.8, 4) is 5.75 Å². The summed E-state index contributed by atoms with van der Waals surface area (Å²) in [5.41, 5.74) is 3.05. The molecule has 16 heavy (non-hydrogen) atoms. The first-order chi connectivity index (χ1) is 7.78. The number of halogens is 1. The summed E-state index contributed by atoms with van der Waals surface area (Å²) in [6.45, 7) is 0. The van der Waals surface area contributed by atoms with E-state index in [1.54, 1.807) is 7.11 Å². The summed E-state index contributed by atoms with van der Waals surface area (Å²) in [5.74, 6) is 0.831. The van der Waals surface area contributed by atoms with Gasteiger partial charge in [-0.05, 0) is 46.9 Å². The maximum absolute atomic E-state index is 5.19. The van der Waals surface area contributed by atoms with Gasteiger partial charge in [0.25, 0.3) is 0 Å². The summed E-state index contributed by atoms with van der Waals surface area (Å²) in [4.78, 5) is 4.56. The minimum atomic E-state index is 0.831. The predicted molar refractivity (Wildman–Crippen MR) is 72.0 cm³/mol. The molecule has 0 amide bonds. The molecule has 0 aliphatic heterocycles. The highest BCUT2D eigenvalue weighted by Crippen LogP contribution is 2.21. The molecule has 0 saturated heterocycles. The number of hydrogen-bond acceptors (Lipinski definition) is 2. The fourth-order valence-corrected chi connectivity index (χ4v) is 2.27. The van der Waals surface area contributed by atoms with Gasteiger partial charge in [0.1, 0.15) is 11.4 Å². The summed E-state index contributed by atoms with van der Waals surface area (Å²) in [6, 6.07) is 10.1. The van der Waals surface area contributed by atoms with Crippen LogP contribution in [0, 0.1) is 3.57 Å². The summed E-state index contributed by atoms with van der Waals surface area (Å²) in [6.07, 6.45) is 1.98. The van der Waals surface area contributed by atoms with Crippen molar-refractivity contribution in [2.24, 2.45) is 0 Å². The van der Waals surface area contributed by atoms with Crippen molar-refractivity contribution in [1.82, 2.24) is 9.38 Å². The molecule has 0 bridgehead atoms. The molecule has 3 rings (SSSR count). The fraction of sp³-hybridized carbons (Fsp3) is 0.0833. The Kier molecular flexibility index (Phi) is 2.24. The number of aromatic nitrogens is 2. The van der Waals surface area contributed by atoms with Gasteiger partial charge in [-0.1, -0.05) is 0 Å². The minimum Gasteiger partial charge on any atom is -0.497 e. The normalized spacial score (nSPS) is 11.1. The van der Waals surface area contributed by atoms with E-state index >= 15 is 0 Å². The van der Waals surface area contributed by atoms with E-state index in [-0.39, 0.29) is 0 Å². The fourth-order valence-electron chi connectivity index (χ4n) is 1.80. The molecule has 0 atom stereocenters. The number of hydrogen-bond donors (Lipinski definition) is 0. The first kappa shape index (κ1) is 9.89. The van der Waals surface area contributed by atoms with Crippen LogP contribution in [0.4, 0.5) is 0 Å². The number of pyridine rings is 1. The molecule has 0 fully saturated rings. The summed E-state index contributed by atoms with van der Waals surface area (Å²) in [5, 5.41) is 0. The molecule has 3 nitrogen and oxygen atoms in total. The van der Waals surface area contributed by atoms with Gasteiger partial charge in [-0.3, -0.25) is 4.40 Å². The Bertz CT molecular complexity index is 675. The van der Waals surface area contributed by atoms with Gasteiger partial charge < -0.3 is 4.74 Å². The second-order valence-corrected chi connectivity index (χ2v) is 4.79. The highest BCUT2D eigenvalue weighted by atomic mass is 125. The van der Waals surface area contributed by atoms with Gasteiger partial charge in [0, 0.05) is 15.8 Å². The lowest BCUT2D eigenvalue weighted by Gasteiger charge is -1.99. The molecule has 0 radical (unpaired) electrons. The average Bonchev–Trinajstić information content (AvgIpc) is 2.64. The van der Waals surface area contributed by atoms with Crippen LogP contribution in [0.5, 0.6) is 5.75 Å². The Morgan fingerprint density at radius 2 is 2.12 bits per heavy atom. The Morgan fingerprint density at radius 3 is 2.94 bits per heavy atom. The lowest BCUT2D eigenvalue weighted by molar-refractivity contribution is 0.414. The summed E-state index contributed by atoms with van der Waals surface area (Å²) < 4.78 is 8.45. The molecule has 2 heterocycles. The SMILES string of the molecule is COc1ccn2c(c1)nc1cc([125I])ccc12. The molecule has 2 aromatic heterocycles. The van der Waals surface area contributed by atoms with E-state index in [9.17, 15) is 0 Å². The molecule has 1 aromatic carbocycles. The zero-order chi connectivity index (χ0) is 11.1. The molecule has 0 aliphatic rings. The molecular formula is C12H9IN2O. The Morgan fingerprint density at radius 1 is 1.25 bits per heavy atom. The lowest BCUT2D eigenvalue weighted by atomic mass is 10.3. The number of imidazole rings is 1. The number of fused-ring (bicyclic) bond motifs is 3. The molecule has 0 aliphatic carbocycles. The number of benzene rings is 1. The molecule has 0 unspecified atom stereocenters. The molecule has 3 aromatic rings. The number of ether oxygens (including phenoxy) is 1. The van der Waals surface area contributed by atoms with Crippen LogP contribution in [0.2, 0.25) is 0 Å². The molecule has 0 spiro atoms. The van der Waals surface area contributed by atoms with Crippen molar-refractivity contribution in [2.45, 2.75) is 0 Å². The minimum absolute atomic E-state index is 0.831. The van der Waals surface area contributed by atoms with E-state index in [0.717, 1.165) is 22.4 Å². The average molecular weight is 322 g/mol. The third kappa shape index (κ3) is 1.44. The first-order valence-corrected chi connectivity index (χ1v) is 5.97. The standard InChI is InChI=1S/C12H9IN2O/c1-16-9-4-5-15-11-3-2-8(13)6-10(11)14-12(15)7-9/h2-7H,1H3/i13-2. The van der Waals surface area contributed by atoms with E-state index in [1.807, 2.05) is 18.3 Å². The van der Waals surface area contributed by atoms with Crippen molar-refractivity contribution < 1.29 is 4.74 Å². The summed E-state index contributed by atoms with van der Waals surface area (Å²) in [7, 11) is 1.66. The number of nitrogens with zero attached hydrogens (tertiary/aromatic N) is 2. The smallest absolute Gasteiger partial charge is 0.141 e. The van der Waals surface area contributed by atoms with Gasteiger partial charge in [0.15, 0.2) is 0 Å². The van der Waals surface area contributed by atoms with Crippen molar-refractivity contribution in [1.29, 1.82) is 0 Å². The van der Waals surface area contributed by atoms with Crippen molar-refractivity contribution in [2.75, 3.05) is 7.11 Å². The van der Waals surface area contributed by atoms with Gasteiger partial charge >= 0.3 is 0 Å². The second-order valence-electron chi connectivity index (χ2n) is 3.54. The molecule has 80 valence electrons. The second kappa shape index (κ2) is 3.62. The zero-order valence-corrected chi connectivity index (χ0v) is 10.8. The van der Waals surface area contributed by atoms with E-state index in [4.69, 9.17) is 4.74 Å². The zero-order valence-electron chi connectivity index (χ0n) is 8.64. The lowest BCUT2D eigenvalue weighted by Crippen LogP contribution is -1.87. The number of methoxy groups -OCH3 is 1. The number of rotatable bonds is 1. The highest BCUT2D eigenvalue weighted by Gasteiger charge is 2.05. The van der Waals surface area contributed by atoms with E-state index in [0.29, 0.717) is 0 Å². The largest absolute Gasteiger partial charge is 0.497 e. The van der Waals surface area contributed by atoms with Crippen LogP contribution in [-0.2, 0) is 0 Å².